The predicted octanol–water partition coefficient (Wildman–Crippen LogP) is 4.89. The first-order valence-electron chi connectivity index (χ1n) is 7.85. The van der Waals surface area contributed by atoms with Crippen molar-refractivity contribution in [2.24, 2.45) is 0 Å². The fourth-order valence-electron chi connectivity index (χ4n) is 2.30. The van der Waals surface area contributed by atoms with E-state index in [-0.39, 0.29) is 11.8 Å². The Labute approximate surface area is 149 Å². The van der Waals surface area contributed by atoms with E-state index in [4.69, 9.17) is 0 Å². The van der Waals surface area contributed by atoms with Gasteiger partial charge in [-0.2, -0.15) is 0 Å². The average Bonchev–Trinajstić information content (AvgIpc) is 2.98. The minimum absolute atomic E-state index is 0.344. The molecule has 0 saturated heterocycles. The first-order valence-corrected chi connectivity index (χ1v) is 8.67. The fourth-order valence-corrected chi connectivity index (χ4v) is 3.31. The standard InChI is InChI=1S/C19H18FN3OS/c1-12-8-9-15(10-16(12)20)23-19(24)21-11-17-13(2)22-18(25-17)14-6-4-3-5-7-14/h3-10H,11H2,1-2H3,(H2,21,23,24). The van der Waals surface area contributed by atoms with Gasteiger partial charge in [0, 0.05) is 16.1 Å². The van der Waals surface area contributed by atoms with Gasteiger partial charge in [-0.25, -0.2) is 14.2 Å². The van der Waals surface area contributed by atoms with Crippen LogP contribution in [0.5, 0.6) is 0 Å². The molecule has 1 aromatic heterocycles. The molecule has 0 aliphatic carbocycles. The molecule has 0 saturated carbocycles. The summed E-state index contributed by atoms with van der Waals surface area (Å²) in [5, 5.41) is 6.34. The number of aromatic nitrogens is 1. The molecule has 25 heavy (non-hydrogen) atoms. The number of anilines is 1. The highest BCUT2D eigenvalue weighted by Crippen LogP contribution is 2.27. The average molecular weight is 355 g/mol. The van der Waals surface area contributed by atoms with E-state index in [2.05, 4.69) is 15.6 Å². The zero-order valence-electron chi connectivity index (χ0n) is 14.0. The minimum Gasteiger partial charge on any atom is -0.333 e. The van der Waals surface area contributed by atoms with Gasteiger partial charge in [-0.15, -0.1) is 11.3 Å². The third-order valence-corrected chi connectivity index (χ3v) is 4.96. The third kappa shape index (κ3) is 4.22. The maximum absolute atomic E-state index is 13.5. The van der Waals surface area contributed by atoms with Crippen molar-refractivity contribution in [3.8, 4) is 10.6 Å². The molecule has 0 radical (unpaired) electrons. The van der Waals surface area contributed by atoms with Gasteiger partial charge < -0.3 is 10.6 Å². The predicted molar refractivity (Wildman–Crippen MR) is 99.3 cm³/mol. The summed E-state index contributed by atoms with van der Waals surface area (Å²) in [5.74, 6) is -0.344. The molecule has 0 spiro atoms. The summed E-state index contributed by atoms with van der Waals surface area (Å²) in [6.07, 6.45) is 0. The number of carbonyl (C=O) groups excluding carboxylic acids is 1. The summed E-state index contributed by atoms with van der Waals surface area (Å²) in [6, 6.07) is 14.1. The highest BCUT2D eigenvalue weighted by atomic mass is 32.1. The van der Waals surface area contributed by atoms with Crippen molar-refractivity contribution >= 4 is 23.1 Å². The number of urea groups is 1. The highest BCUT2D eigenvalue weighted by Gasteiger charge is 2.11. The van der Waals surface area contributed by atoms with Crippen LogP contribution in [0.4, 0.5) is 14.9 Å². The fraction of sp³-hybridized carbons (Fsp3) is 0.158. The van der Waals surface area contributed by atoms with Crippen LogP contribution in [-0.2, 0) is 6.54 Å². The zero-order chi connectivity index (χ0) is 17.8. The van der Waals surface area contributed by atoms with Gasteiger partial charge in [0.05, 0.1) is 12.2 Å². The monoisotopic (exact) mass is 355 g/mol. The Morgan fingerprint density at radius 1 is 1.16 bits per heavy atom. The Kier molecular flexibility index (Phi) is 5.09. The van der Waals surface area contributed by atoms with Crippen LogP contribution >= 0.6 is 11.3 Å². The topological polar surface area (TPSA) is 54.0 Å². The van der Waals surface area contributed by atoms with Crippen molar-refractivity contribution in [1.82, 2.24) is 10.3 Å². The Morgan fingerprint density at radius 3 is 2.64 bits per heavy atom. The Bertz CT molecular complexity index is 893. The molecule has 0 fully saturated rings. The number of aryl methyl sites for hydroxylation is 2. The van der Waals surface area contributed by atoms with Crippen molar-refractivity contribution in [2.45, 2.75) is 20.4 Å². The van der Waals surface area contributed by atoms with Crippen LogP contribution in [-0.4, -0.2) is 11.0 Å². The van der Waals surface area contributed by atoms with Gasteiger partial charge in [0.1, 0.15) is 10.8 Å². The van der Waals surface area contributed by atoms with Gasteiger partial charge in [-0.05, 0) is 31.5 Å². The second-order valence-corrected chi connectivity index (χ2v) is 6.75. The summed E-state index contributed by atoms with van der Waals surface area (Å²) in [7, 11) is 0. The van der Waals surface area contributed by atoms with E-state index >= 15 is 0 Å². The van der Waals surface area contributed by atoms with Crippen LogP contribution in [0.3, 0.4) is 0 Å². The van der Waals surface area contributed by atoms with Crippen LogP contribution in [0.1, 0.15) is 16.1 Å². The van der Waals surface area contributed by atoms with E-state index in [1.54, 1.807) is 30.4 Å². The van der Waals surface area contributed by atoms with Crippen molar-refractivity contribution in [3.63, 3.8) is 0 Å². The number of benzene rings is 2. The lowest BCUT2D eigenvalue weighted by atomic mass is 10.2. The second kappa shape index (κ2) is 7.44. The molecule has 1 heterocycles. The SMILES string of the molecule is Cc1ccc(NC(=O)NCc2sc(-c3ccccc3)nc2C)cc1F. The number of hydrogen-bond donors (Lipinski definition) is 2. The molecule has 0 aliphatic rings. The van der Waals surface area contributed by atoms with Gasteiger partial charge >= 0.3 is 6.03 Å². The quantitative estimate of drug-likeness (QED) is 0.700. The van der Waals surface area contributed by atoms with E-state index in [0.29, 0.717) is 17.8 Å². The first kappa shape index (κ1) is 17.1. The van der Waals surface area contributed by atoms with Gasteiger partial charge in [0.25, 0.3) is 0 Å². The molecule has 2 amide bonds. The molecule has 4 nitrogen and oxygen atoms in total. The van der Waals surface area contributed by atoms with Crippen LogP contribution in [0.25, 0.3) is 10.6 Å². The van der Waals surface area contributed by atoms with Gasteiger partial charge in [-0.3, -0.25) is 0 Å². The maximum atomic E-state index is 13.5. The van der Waals surface area contributed by atoms with Crippen LogP contribution < -0.4 is 10.6 Å². The van der Waals surface area contributed by atoms with Gasteiger partial charge in [0.2, 0.25) is 0 Å². The molecule has 0 atom stereocenters. The van der Waals surface area contributed by atoms with E-state index in [1.165, 1.54) is 6.07 Å². The van der Waals surface area contributed by atoms with Crippen LogP contribution in [0.2, 0.25) is 0 Å². The van der Waals surface area contributed by atoms with Crippen LogP contribution in [0.15, 0.2) is 48.5 Å². The maximum Gasteiger partial charge on any atom is 0.319 e. The molecule has 2 N–H and O–H groups in total. The molecule has 6 heteroatoms. The number of nitrogens with one attached hydrogen (secondary N) is 2. The van der Waals surface area contributed by atoms with E-state index in [0.717, 1.165) is 21.1 Å². The summed E-state index contributed by atoms with van der Waals surface area (Å²) in [5.41, 5.74) is 2.92. The lowest BCUT2D eigenvalue weighted by Gasteiger charge is -2.07. The molecule has 0 bridgehead atoms. The number of halogens is 1. The molecule has 3 aromatic rings. The normalized spacial score (nSPS) is 10.5. The van der Waals surface area contributed by atoms with E-state index in [1.807, 2.05) is 37.3 Å². The molecule has 0 aliphatic heterocycles. The van der Waals surface area contributed by atoms with E-state index in [9.17, 15) is 9.18 Å². The number of thiazole rings is 1. The Balaban J connectivity index is 1.62. The Hall–Kier alpha value is -2.73. The summed E-state index contributed by atoms with van der Waals surface area (Å²) < 4.78 is 13.5. The van der Waals surface area contributed by atoms with Gasteiger partial charge in [0.15, 0.2) is 0 Å². The number of nitrogens with zero attached hydrogens (tertiary/aromatic N) is 1. The summed E-state index contributed by atoms with van der Waals surface area (Å²) >= 11 is 1.55. The molecular formula is C19H18FN3OS. The lowest BCUT2D eigenvalue weighted by molar-refractivity contribution is 0.252. The molecule has 2 aromatic carbocycles. The van der Waals surface area contributed by atoms with Crippen LogP contribution in [0, 0.1) is 19.7 Å². The number of carbonyl (C=O) groups is 1. The number of hydrogen-bond acceptors (Lipinski definition) is 3. The minimum atomic E-state index is -0.377. The third-order valence-electron chi connectivity index (χ3n) is 3.75. The Morgan fingerprint density at radius 2 is 1.92 bits per heavy atom. The molecular weight excluding hydrogens is 337 g/mol. The number of amides is 2. The lowest BCUT2D eigenvalue weighted by Crippen LogP contribution is -2.28. The number of rotatable bonds is 4. The zero-order valence-corrected chi connectivity index (χ0v) is 14.8. The first-order chi connectivity index (χ1) is 12.0. The molecule has 3 rings (SSSR count). The van der Waals surface area contributed by atoms with Crippen molar-refractivity contribution in [1.29, 1.82) is 0 Å². The van der Waals surface area contributed by atoms with Gasteiger partial charge in [-0.1, -0.05) is 36.4 Å². The summed E-state index contributed by atoms with van der Waals surface area (Å²) in [4.78, 5) is 17.6. The second-order valence-electron chi connectivity index (χ2n) is 5.67. The van der Waals surface area contributed by atoms with Crippen molar-refractivity contribution in [3.05, 3.63) is 70.5 Å². The molecule has 0 unspecified atom stereocenters. The summed E-state index contributed by atoms with van der Waals surface area (Å²) in [6.45, 7) is 3.97. The van der Waals surface area contributed by atoms with Crippen molar-refractivity contribution < 1.29 is 9.18 Å². The molecule has 128 valence electrons. The highest BCUT2D eigenvalue weighted by molar-refractivity contribution is 7.15. The smallest absolute Gasteiger partial charge is 0.319 e. The van der Waals surface area contributed by atoms with Crippen molar-refractivity contribution in [2.75, 3.05) is 5.32 Å². The van der Waals surface area contributed by atoms with E-state index < -0.39 is 0 Å². The largest absolute Gasteiger partial charge is 0.333 e.